The van der Waals surface area contributed by atoms with E-state index < -0.39 is 17.7 Å². The third-order valence-electron chi connectivity index (χ3n) is 5.01. The summed E-state index contributed by atoms with van der Waals surface area (Å²) in [6, 6.07) is 18.5. The fraction of sp³-hybridized carbons (Fsp3) is 0.0417. The van der Waals surface area contributed by atoms with E-state index in [1.54, 1.807) is 73.7 Å². The SMILES string of the molecule is Cc1c(Cl)cccc1NC(=O)C(=O)Nn1c(C(=O)Nc2cccc(Cl)c2)cc2cc(Br)ccc21. The summed E-state index contributed by atoms with van der Waals surface area (Å²) in [7, 11) is 0. The van der Waals surface area contributed by atoms with E-state index in [9.17, 15) is 14.4 Å². The van der Waals surface area contributed by atoms with Crippen molar-refractivity contribution in [2.24, 2.45) is 0 Å². The molecule has 0 radical (unpaired) electrons. The van der Waals surface area contributed by atoms with Crippen LogP contribution in [0.3, 0.4) is 0 Å². The van der Waals surface area contributed by atoms with Crippen LogP contribution < -0.4 is 16.1 Å². The molecule has 34 heavy (non-hydrogen) atoms. The van der Waals surface area contributed by atoms with Crippen molar-refractivity contribution in [3.05, 3.63) is 92.5 Å². The van der Waals surface area contributed by atoms with Gasteiger partial charge in [0.05, 0.1) is 5.52 Å². The van der Waals surface area contributed by atoms with Gasteiger partial charge in [-0.1, -0.05) is 51.3 Å². The minimum absolute atomic E-state index is 0.119. The molecule has 3 amide bonds. The highest BCUT2D eigenvalue weighted by molar-refractivity contribution is 9.10. The van der Waals surface area contributed by atoms with Gasteiger partial charge >= 0.3 is 11.8 Å². The predicted octanol–water partition coefficient (Wildman–Crippen LogP) is 5.98. The lowest BCUT2D eigenvalue weighted by atomic mass is 10.2. The van der Waals surface area contributed by atoms with Gasteiger partial charge in [0.1, 0.15) is 5.69 Å². The Labute approximate surface area is 213 Å². The summed E-state index contributed by atoms with van der Waals surface area (Å²) in [4.78, 5) is 38.4. The number of amides is 3. The minimum atomic E-state index is -0.961. The zero-order chi connectivity index (χ0) is 24.4. The van der Waals surface area contributed by atoms with Crippen molar-refractivity contribution in [3.8, 4) is 0 Å². The molecule has 0 unspecified atom stereocenters. The first-order valence-electron chi connectivity index (χ1n) is 9.98. The van der Waals surface area contributed by atoms with E-state index in [1.807, 2.05) is 0 Å². The second-order valence-electron chi connectivity index (χ2n) is 7.34. The highest BCUT2D eigenvalue weighted by Crippen LogP contribution is 2.25. The van der Waals surface area contributed by atoms with Gasteiger partial charge in [-0.25, -0.2) is 4.68 Å². The van der Waals surface area contributed by atoms with Gasteiger partial charge in [-0.2, -0.15) is 0 Å². The summed E-state index contributed by atoms with van der Waals surface area (Å²) in [5.74, 6) is -2.37. The Morgan fingerprint density at radius 2 is 1.65 bits per heavy atom. The molecule has 0 fully saturated rings. The number of nitrogens with zero attached hydrogens (tertiary/aromatic N) is 1. The molecular weight excluding hydrogens is 543 g/mol. The smallest absolute Gasteiger partial charge is 0.321 e. The highest BCUT2D eigenvalue weighted by atomic mass is 79.9. The molecular formula is C24H17BrCl2N4O3. The van der Waals surface area contributed by atoms with Crippen LogP contribution in [0.1, 0.15) is 16.1 Å². The van der Waals surface area contributed by atoms with Crippen molar-refractivity contribution in [1.29, 1.82) is 0 Å². The van der Waals surface area contributed by atoms with Crippen LogP contribution in [0.4, 0.5) is 11.4 Å². The molecule has 1 heterocycles. The van der Waals surface area contributed by atoms with E-state index >= 15 is 0 Å². The van der Waals surface area contributed by atoms with Gasteiger partial charge in [0.15, 0.2) is 0 Å². The predicted molar refractivity (Wildman–Crippen MR) is 138 cm³/mol. The largest absolute Gasteiger partial charge is 0.328 e. The zero-order valence-corrected chi connectivity index (χ0v) is 20.8. The first-order valence-corrected chi connectivity index (χ1v) is 11.5. The Morgan fingerprint density at radius 3 is 2.41 bits per heavy atom. The zero-order valence-electron chi connectivity index (χ0n) is 17.7. The molecule has 0 saturated carbocycles. The fourth-order valence-electron chi connectivity index (χ4n) is 3.31. The van der Waals surface area contributed by atoms with Gasteiger partial charge in [-0.3, -0.25) is 19.8 Å². The van der Waals surface area contributed by atoms with E-state index in [1.165, 1.54) is 4.68 Å². The summed E-state index contributed by atoms with van der Waals surface area (Å²) < 4.78 is 2.06. The molecule has 172 valence electrons. The van der Waals surface area contributed by atoms with Crippen molar-refractivity contribution in [2.45, 2.75) is 6.92 Å². The van der Waals surface area contributed by atoms with Gasteiger partial charge in [0.25, 0.3) is 5.91 Å². The lowest BCUT2D eigenvalue weighted by molar-refractivity contribution is -0.133. The maximum Gasteiger partial charge on any atom is 0.328 e. The van der Waals surface area contributed by atoms with Crippen LogP contribution >= 0.6 is 39.1 Å². The standard InChI is InChI=1S/C24H17BrCl2N4O3/c1-13-18(27)6-3-7-19(13)29-23(33)24(34)30-31-20-9-8-15(25)10-14(20)11-21(31)22(32)28-17-5-2-4-16(26)12-17/h2-12H,1H3,(H,28,32)(H,29,33)(H,30,34). The van der Waals surface area contributed by atoms with Gasteiger partial charge < -0.3 is 10.6 Å². The number of carbonyl (C=O) groups excluding carboxylic acids is 3. The molecule has 0 saturated heterocycles. The number of hydrogen-bond donors (Lipinski definition) is 3. The summed E-state index contributed by atoms with van der Waals surface area (Å²) in [5, 5.41) is 6.89. The number of nitrogens with one attached hydrogen (secondary N) is 3. The molecule has 7 nitrogen and oxygen atoms in total. The number of rotatable bonds is 4. The average Bonchev–Trinajstić information content (AvgIpc) is 3.14. The summed E-state index contributed by atoms with van der Waals surface area (Å²) in [6.07, 6.45) is 0. The molecule has 0 spiro atoms. The van der Waals surface area contributed by atoms with E-state index in [-0.39, 0.29) is 5.69 Å². The van der Waals surface area contributed by atoms with Crippen molar-refractivity contribution in [3.63, 3.8) is 0 Å². The van der Waals surface area contributed by atoms with Crippen LogP contribution in [0.2, 0.25) is 10.0 Å². The quantitative estimate of drug-likeness (QED) is 0.268. The minimum Gasteiger partial charge on any atom is -0.321 e. The molecule has 3 N–H and O–H groups in total. The van der Waals surface area contributed by atoms with Gasteiger partial charge in [-0.05, 0) is 67.1 Å². The number of hydrogen-bond acceptors (Lipinski definition) is 3. The van der Waals surface area contributed by atoms with Crippen molar-refractivity contribution < 1.29 is 14.4 Å². The molecule has 4 rings (SSSR count). The van der Waals surface area contributed by atoms with E-state index in [2.05, 4.69) is 32.0 Å². The second-order valence-corrected chi connectivity index (χ2v) is 9.10. The normalized spacial score (nSPS) is 10.7. The van der Waals surface area contributed by atoms with Gasteiger partial charge in [0, 0.05) is 31.3 Å². The van der Waals surface area contributed by atoms with E-state index in [0.29, 0.717) is 37.9 Å². The number of halogens is 3. The Kier molecular flexibility index (Phi) is 6.92. The Balaban J connectivity index is 1.64. The molecule has 0 bridgehead atoms. The first kappa shape index (κ1) is 23.8. The molecule has 0 aliphatic heterocycles. The van der Waals surface area contributed by atoms with Crippen LogP contribution in [0.15, 0.2) is 71.2 Å². The van der Waals surface area contributed by atoms with Gasteiger partial charge in [-0.15, -0.1) is 0 Å². The first-order chi connectivity index (χ1) is 16.2. The number of aromatic nitrogens is 1. The molecule has 3 aromatic carbocycles. The number of anilines is 2. The lowest BCUT2D eigenvalue weighted by Crippen LogP contribution is -2.36. The highest BCUT2D eigenvalue weighted by Gasteiger charge is 2.22. The van der Waals surface area contributed by atoms with E-state index in [0.717, 1.165) is 4.47 Å². The van der Waals surface area contributed by atoms with Crippen LogP contribution in [0.5, 0.6) is 0 Å². The molecule has 4 aromatic rings. The number of carbonyl (C=O) groups is 3. The summed E-state index contributed by atoms with van der Waals surface area (Å²) in [6.45, 7) is 1.73. The maximum absolute atomic E-state index is 13.1. The second kappa shape index (κ2) is 9.89. The lowest BCUT2D eigenvalue weighted by Gasteiger charge is -2.13. The summed E-state index contributed by atoms with van der Waals surface area (Å²) in [5.41, 5.74) is 4.68. The maximum atomic E-state index is 13.1. The van der Waals surface area contributed by atoms with Crippen molar-refractivity contribution >= 4 is 79.1 Å². The molecule has 0 aliphatic carbocycles. The van der Waals surface area contributed by atoms with Crippen molar-refractivity contribution in [1.82, 2.24) is 4.68 Å². The topological polar surface area (TPSA) is 92.2 Å². The van der Waals surface area contributed by atoms with Crippen LogP contribution in [0, 0.1) is 6.92 Å². The Hall–Kier alpha value is -3.33. The molecule has 1 aromatic heterocycles. The van der Waals surface area contributed by atoms with Gasteiger partial charge in [0.2, 0.25) is 0 Å². The van der Waals surface area contributed by atoms with Crippen LogP contribution in [-0.2, 0) is 9.59 Å². The third kappa shape index (κ3) is 5.09. The Morgan fingerprint density at radius 1 is 0.882 bits per heavy atom. The molecule has 10 heteroatoms. The van der Waals surface area contributed by atoms with E-state index in [4.69, 9.17) is 23.2 Å². The Bertz CT molecular complexity index is 1450. The van der Waals surface area contributed by atoms with Crippen LogP contribution in [0.25, 0.3) is 10.9 Å². The number of fused-ring (bicyclic) bond motifs is 1. The molecule has 0 atom stereocenters. The molecule has 0 aliphatic rings. The fourth-order valence-corrected chi connectivity index (χ4v) is 4.05. The summed E-state index contributed by atoms with van der Waals surface area (Å²) >= 11 is 15.5. The third-order valence-corrected chi connectivity index (χ3v) is 6.15. The monoisotopic (exact) mass is 558 g/mol. The number of benzene rings is 3. The van der Waals surface area contributed by atoms with Crippen LogP contribution in [-0.4, -0.2) is 22.4 Å². The van der Waals surface area contributed by atoms with Crippen molar-refractivity contribution in [2.75, 3.05) is 16.1 Å². The average molecular weight is 560 g/mol.